The number of hydrogen-bond donors (Lipinski definition) is 4. The summed E-state index contributed by atoms with van der Waals surface area (Å²) in [6.07, 6.45) is -0.718. The lowest BCUT2D eigenvalue weighted by atomic mass is 9.96. The first-order valence-corrected chi connectivity index (χ1v) is 4.65. The Bertz CT molecular complexity index is 119. The highest BCUT2D eigenvalue weighted by Gasteiger charge is 2.20. The first kappa shape index (κ1) is 12.2. The maximum absolute atomic E-state index is 9.47. The molecule has 74 valence electrons. The molecule has 0 heterocycles. The average Bonchev–Trinajstić information content (AvgIpc) is 2.02. The first-order chi connectivity index (χ1) is 5.49. The molecule has 0 aliphatic heterocycles. The lowest BCUT2D eigenvalue weighted by Crippen LogP contribution is -2.30. The fourth-order valence-electron chi connectivity index (χ4n) is 0.889. The number of hydrogen-bond acceptors (Lipinski definition) is 4. The minimum Gasteiger partial charge on any atom is -0.395 e. The molecule has 0 aliphatic rings. The van der Waals surface area contributed by atoms with Crippen molar-refractivity contribution in [2.75, 3.05) is 6.61 Å². The second kappa shape index (κ2) is 5.80. The second-order valence-electron chi connectivity index (χ2n) is 3.24. The molecular weight excluding hydrogens is 176 g/mol. The van der Waals surface area contributed by atoms with Gasteiger partial charge in [-0.15, -0.1) is 0 Å². The Morgan fingerprint density at radius 2 is 1.75 bits per heavy atom. The molecule has 0 aromatic carbocycles. The number of aliphatic hydroxyl groups is 3. The summed E-state index contributed by atoms with van der Waals surface area (Å²) < 4.78 is 0. The van der Waals surface area contributed by atoms with Crippen LogP contribution < -0.4 is 0 Å². The Balaban J connectivity index is 3.78. The third-order valence-electron chi connectivity index (χ3n) is 2.09. The maximum atomic E-state index is 9.47. The van der Waals surface area contributed by atoms with Crippen LogP contribution in [-0.4, -0.2) is 39.4 Å². The Labute approximate surface area is 78.8 Å². The molecule has 0 aromatic heterocycles. The van der Waals surface area contributed by atoms with Crippen molar-refractivity contribution >= 4 is 12.6 Å². The van der Waals surface area contributed by atoms with E-state index in [9.17, 15) is 5.11 Å². The second-order valence-corrected chi connectivity index (χ2v) is 3.97. The van der Waals surface area contributed by atoms with E-state index in [1.54, 1.807) is 13.8 Å². The van der Waals surface area contributed by atoms with E-state index >= 15 is 0 Å². The van der Waals surface area contributed by atoms with Crippen LogP contribution >= 0.6 is 12.6 Å². The summed E-state index contributed by atoms with van der Waals surface area (Å²) in [7, 11) is 0. The van der Waals surface area contributed by atoms with Crippen molar-refractivity contribution in [2.45, 2.75) is 37.7 Å². The largest absolute Gasteiger partial charge is 0.395 e. The minimum atomic E-state index is -0.598. The van der Waals surface area contributed by atoms with Gasteiger partial charge in [-0.25, -0.2) is 0 Å². The molecule has 0 bridgehead atoms. The number of rotatable bonds is 5. The van der Waals surface area contributed by atoms with Crippen LogP contribution in [0.3, 0.4) is 0 Å². The van der Waals surface area contributed by atoms with E-state index in [4.69, 9.17) is 10.2 Å². The maximum Gasteiger partial charge on any atom is 0.0601 e. The Kier molecular flexibility index (Phi) is 5.92. The van der Waals surface area contributed by atoms with Gasteiger partial charge in [0.2, 0.25) is 0 Å². The van der Waals surface area contributed by atoms with Gasteiger partial charge < -0.3 is 15.3 Å². The monoisotopic (exact) mass is 194 g/mol. The van der Waals surface area contributed by atoms with E-state index in [0.717, 1.165) is 0 Å². The molecule has 0 radical (unpaired) electrons. The van der Waals surface area contributed by atoms with Gasteiger partial charge in [0.15, 0.2) is 0 Å². The van der Waals surface area contributed by atoms with E-state index in [0.29, 0.717) is 6.42 Å². The molecule has 12 heavy (non-hydrogen) atoms. The van der Waals surface area contributed by atoms with Crippen molar-refractivity contribution in [2.24, 2.45) is 5.92 Å². The molecule has 0 saturated heterocycles. The van der Waals surface area contributed by atoms with Crippen LogP contribution in [-0.2, 0) is 0 Å². The minimum absolute atomic E-state index is 0.0489. The van der Waals surface area contributed by atoms with E-state index in [-0.39, 0.29) is 17.8 Å². The van der Waals surface area contributed by atoms with Gasteiger partial charge in [0.1, 0.15) is 0 Å². The molecule has 0 amide bonds. The normalized spacial score (nSPS) is 21.5. The van der Waals surface area contributed by atoms with Crippen molar-refractivity contribution < 1.29 is 15.3 Å². The van der Waals surface area contributed by atoms with Crippen molar-refractivity contribution in [1.29, 1.82) is 0 Å². The summed E-state index contributed by atoms with van der Waals surface area (Å²) in [6.45, 7) is 3.36. The highest BCUT2D eigenvalue weighted by Crippen LogP contribution is 2.15. The van der Waals surface area contributed by atoms with Crippen LogP contribution in [0.15, 0.2) is 0 Å². The predicted octanol–water partition coefficient (Wildman–Crippen LogP) is 0.0450. The zero-order valence-electron chi connectivity index (χ0n) is 7.51. The molecule has 3 nitrogen and oxygen atoms in total. The Hall–Kier alpha value is 0.230. The summed E-state index contributed by atoms with van der Waals surface area (Å²) in [4.78, 5) is 0. The predicted molar refractivity (Wildman–Crippen MR) is 51.3 cm³/mol. The fourth-order valence-corrected chi connectivity index (χ4v) is 1.11. The molecule has 0 fully saturated rings. The van der Waals surface area contributed by atoms with Gasteiger partial charge >= 0.3 is 0 Å². The topological polar surface area (TPSA) is 60.7 Å². The number of thiol groups is 1. The van der Waals surface area contributed by atoms with Gasteiger partial charge in [-0.1, -0.05) is 6.92 Å². The fraction of sp³-hybridized carbons (Fsp3) is 1.00. The van der Waals surface area contributed by atoms with Crippen molar-refractivity contribution in [3.8, 4) is 0 Å². The third-order valence-corrected chi connectivity index (χ3v) is 2.47. The van der Waals surface area contributed by atoms with Gasteiger partial charge in [0.25, 0.3) is 0 Å². The molecule has 4 atom stereocenters. The summed E-state index contributed by atoms with van der Waals surface area (Å²) in [6, 6.07) is 0. The van der Waals surface area contributed by atoms with Crippen LogP contribution in [0, 0.1) is 5.92 Å². The standard InChI is InChI=1S/C8H18O3S/c1-5(6(2)10)8(11)3-7(12)4-9/h5-12H,3-4H2,1-2H3. The lowest BCUT2D eigenvalue weighted by Gasteiger charge is -2.22. The molecule has 0 aliphatic carbocycles. The summed E-state index contributed by atoms with van der Waals surface area (Å²) in [5.41, 5.74) is 0. The van der Waals surface area contributed by atoms with Crippen molar-refractivity contribution in [1.82, 2.24) is 0 Å². The third kappa shape index (κ3) is 4.30. The molecule has 4 heteroatoms. The number of aliphatic hydroxyl groups excluding tert-OH is 3. The lowest BCUT2D eigenvalue weighted by molar-refractivity contribution is 0.0248. The summed E-state index contributed by atoms with van der Waals surface area (Å²) >= 11 is 4.04. The van der Waals surface area contributed by atoms with Crippen LogP contribution in [0.25, 0.3) is 0 Å². The highest BCUT2D eigenvalue weighted by atomic mass is 32.1. The smallest absolute Gasteiger partial charge is 0.0601 e. The van der Waals surface area contributed by atoms with E-state index < -0.39 is 12.2 Å². The summed E-state index contributed by atoms with van der Waals surface area (Å²) in [5, 5.41) is 27.0. The van der Waals surface area contributed by atoms with Gasteiger partial charge in [-0.2, -0.15) is 12.6 Å². The summed E-state index contributed by atoms with van der Waals surface area (Å²) in [5.74, 6) is -0.175. The van der Waals surface area contributed by atoms with E-state index in [1.807, 2.05) is 0 Å². The van der Waals surface area contributed by atoms with Crippen LogP contribution in [0.4, 0.5) is 0 Å². The zero-order valence-corrected chi connectivity index (χ0v) is 8.41. The quantitative estimate of drug-likeness (QED) is 0.468. The average molecular weight is 194 g/mol. The van der Waals surface area contributed by atoms with Gasteiger partial charge in [-0.3, -0.25) is 0 Å². The van der Waals surface area contributed by atoms with Crippen LogP contribution in [0.2, 0.25) is 0 Å². The molecular formula is C8H18O3S. The van der Waals surface area contributed by atoms with Crippen LogP contribution in [0.1, 0.15) is 20.3 Å². The molecule has 0 saturated carbocycles. The first-order valence-electron chi connectivity index (χ1n) is 4.14. The molecule has 4 unspecified atom stereocenters. The Morgan fingerprint density at radius 3 is 2.08 bits per heavy atom. The van der Waals surface area contributed by atoms with E-state index in [1.165, 1.54) is 0 Å². The van der Waals surface area contributed by atoms with Gasteiger partial charge in [-0.05, 0) is 13.3 Å². The molecule has 0 spiro atoms. The van der Waals surface area contributed by atoms with E-state index in [2.05, 4.69) is 12.6 Å². The van der Waals surface area contributed by atoms with Gasteiger partial charge in [0, 0.05) is 11.2 Å². The Morgan fingerprint density at radius 1 is 1.25 bits per heavy atom. The molecule has 0 rings (SSSR count). The molecule has 0 aromatic rings. The van der Waals surface area contributed by atoms with Crippen molar-refractivity contribution in [3.05, 3.63) is 0 Å². The molecule has 3 N–H and O–H groups in total. The van der Waals surface area contributed by atoms with Crippen LogP contribution in [0.5, 0.6) is 0 Å². The van der Waals surface area contributed by atoms with Crippen molar-refractivity contribution in [3.63, 3.8) is 0 Å². The SMILES string of the molecule is CC(O)C(C)C(O)CC(S)CO. The highest BCUT2D eigenvalue weighted by molar-refractivity contribution is 7.81. The van der Waals surface area contributed by atoms with Gasteiger partial charge in [0.05, 0.1) is 18.8 Å². The zero-order chi connectivity index (χ0) is 9.72.